The summed E-state index contributed by atoms with van der Waals surface area (Å²) >= 11 is 0. The number of aliphatic hydroxyl groups is 1. The lowest BCUT2D eigenvalue weighted by atomic mass is 9.80. The fraction of sp³-hybridized carbons (Fsp3) is 0.933. The van der Waals surface area contributed by atoms with E-state index < -0.39 is 29.8 Å². The third-order valence-corrected chi connectivity index (χ3v) is 3.83. The van der Waals surface area contributed by atoms with Gasteiger partial charge in [0.25, 0.3) is 0 Å². The van der Waals surface area contributed by atoms with Crippen LogP contribution in [0.5, 0.6) is 0 Å². The average Bonchev–Trinajstić information content (AvgIpc) is 2.34. The van der Waals surface area contributed by atoms with Crippen LogP contribution in [0.4, 0.5) is 0 Å². The van der Waals surface area contributed by atoms with E-state index in [1.807, 2.05) is 20.8 Å². The van der Waals surface area contributed by atoms with Crippen LogP contribution in [0.3, 0.4) is 0 Å². The Labute approximate surface area is 122 Å². The molecule has 1 saturated carbocycles. The summed E-state index contributed by atoms with van der Waals surface area (Å²) in [5.41, 5.74) is 10.6. The number of hydrogen-bond acceptors (Lipinski definition) is 5. The molecule has 0 heterocycles. The fourth-order valence-corrected chi connectivity index (χ4v) is 2.80. The molecule has 5 heteroatoms. The molecular formula is C15H30N2O3. The second kappa shape index (κ2) is 7.38. The van der Waals surface area contributed by atoms with Crippen molar-refractivity contribution in [1.29, 1.82) is 0 Å². The third-order valence-electron chi connectivity index (χ3n) is 3.83. The summed E-state index contributed by atoms with van der Waals surface area (Å²) in [5.74, 6) is -0.566. The maximum Gasteiger partial charge on any atom is 0.312 e. The Balaban J connectivity index is 2.71. The van der Waals surface area contributed by atoms with E-state index in [4.69, 9.17) is 16.2 Å². The van der Waals surface area contributed by atoms with Crippen LogP contribution in [0.1, 0.15) is 59.3 Å². The zero-order valence-electron chi connectivity index (χ0n) is 13.0. The van der Waals surface area contributed by atoms with Gasteiger partial charge >= 0.3 is 5.97 Å². The van der Waals surface area contributed by atoms with Crippen LogP contribution in [0.2, 0.25) is 0 Å². The molecule has 5 nitrogen and oxygen atoms in total. The monoisotopic (exact) mass is 286 g/mol. The van der Waals surface area contributed by atoms with E-state index >= 15 is 0 Å². The van der Waals surface area contributed by atoms with Crippen LogP contribution in [0.25, 0.3) is 0 Å². The van der Waals surface area contributed by atoms with Crippen LogP contribution >= 0.6 is 0 Å². The molecule has 1 aliphatic rings. The number of hydrogen-bond donors (Lipinski definition) is 3. The Morgan fingerprint density at radius 3 is 2.25 bits per heavy atom. The van der Waals surface area contributed by atoms with Gasteiger partial charge in [-0.2, -0.15) is 0 Å². The largest absolute Gasteiger partial charge is 0.460 e. The molecule has 1 rings (SSSR count). The summed E-state index contributed by atoms with van der Waals surface area (Å²) in [6, 6.07) is 0. The number of aliphatic hydroxyl groups excluding tert-OH is 1. The molecule has 0 aromatic heterocycles. The first-order valence-electron chi connectivity index (χ1n) is 7.63. The lowest BCUT2D eigenvalue weighted by Gasteiger charge is -2.31. The SMILES string of the molecule is CC(C)(C)OC(=O)[C@@H](CC1CCCCC1)[C@@H](O)C(N)N. The number of nitrogens with two attached hydrogens (primary N) is 2. The van der Waals surface area contributed by atoms with Gasteiger partial charge in [-0.25, -0.2) is 0 Å². The highest BCUT2D eigenvalue weighted by atomic mass is 16.6. The summed E-state index contributed by atoms with van der Waals surface area (Å²) in [6.45, 7) is 5.45. The predicted molar refractivity (Wildman–Crippen MR) is 78.7 cm³/mol. The molecule has 0 aromatic rings. The molecule has 20 heavy (non-hydrogen) atoms. The minimum atomic E-state index is -1.05. The molecule has 0 unspecified atom stereocenters. The lowest BCUT2D eigenvalue weighted by Crippen LogP contribution is -2.50. The van der Waals surface area contributed by atoms with Gasteiger partial charge in [-0.3, -0.25) is 4.79 Å². The molecule has 2 atom stereocenters. The molecule has 118 valence electrons. The predicted octanol–water partition coefficient (Wildman–Crippen LogP) is 1.52. The molecular weight excluding hydrogens is 256 g/mol. The Morgan fingerprint density at radius 1 is 1.25 bits per heavy atom. The zero-order chi connectivity index (χ0) is 15.3. The minimum absolute atomic E-state index is 0.392. The van der Waals surface area contributed by atoms with Gasteiger partial charge < -0.3 is 21.3 Å². The van der Waals surface area contributed by atoms with Gasteiger partial charge in [0.05, 0.1) is 18.2 Å². The van der Waals surface area contributed by atoms with Gasteiger partial charge in [-0.1, -0.05) is 32.1 Å². The fourth-order valence-electron chi connectivity index (χ4n) is 2.80. The van der Waals surface area contributed by atoms with E-state index in [0.29, 0.717) is 12.3 Å². The summed E-state index contributed by atoms with van der Waals surface area (Å²) in [5, 5.41) is 10.1. The maximum absolute atomic E-state index is 12.3. The van der Waals surface area contributed by atoms with Crippen LogP contribution in [0.15, 0.2) is 0 Å². The summed E-state index contributed by atoms with van der Waals surface area (Å²) in [6.07, 6.45) is 4.49. The van der Waals surface area contributed by atoms with Crippen LogP contribution < -0.4 is 11.5 Å². The first-order valence-corrected chi connectivity index (χ1v) is 7.63. The van der Waals surface area contributed by atoms with Crippen LogP contribution in [0, 0.1) is 11.8 Å². The molecule has 1 fully saturated rings. The number of carbonyl (C=O) groups excluding carboxylic acids is 1. The molecule has 5 N–H and O–H groups in total. The molecule has 0 bridgehead atoms. The molecule has 0 saturated heterocycles. The van der Waals surface area contributed by atoms with Crippen molar-refractivity contribution in [2.75, 3.05) is 0 Å². The number of ether oxygens (including phenoxy) is 1. The molecule has 0 aliphatic heterocycles. The van der Waals surface area contributed by atoms with Crippen LogP contribution in [-0.2, 0) is 9.53 Å². The van der Waals surface area contributed by atoms with E-state index in [1.165, 1.54) is 19.3 Å². The Hall–Kier alpha value is -0.650. The number of carbonyl (C=O) groups is 1. The average molecular weight is 286 g/mol. The van der Waals surface area contributed by atoms with Crippen molar-refractivity contribution in [3.05, 3.63) is 0 Å². The smallest absolute Gasteiger partial charge is 0.312 e. The zero-order valence-corrected chi connectivity index (χ0v) is 13.0. The van der Waals surface area contributed by atoms with E-state index in [9.17, 15) is 9.90 Å². The Kier molecular flexibility index (Phi) is 6.43. The quantitative estimate of drug-likeness (QED) is 0.526. The van der Waals surface area contributed by atoms with Gasteiger partial charge in [0.15, 0.2) is 0 Å². The molecule has 0 radical (unpaired) electrons. The van der Waals surface area contributed by atoms with Crippen molar-refractivity contribution < 1.29 is 14.6 Å². The van der Waals surface area contributed by atoms with Gasteiger partial charge in [-0.05, 0) is 33.1 Å². The van der Waals surface area contributed by atoms with E-state index in [0.717, 1.165) is 12.8 Å². The molecule has 0 spiro atoms. The van der Waals surface area contributed by atoms with Gasteiger partial charge in [-0.15, -0.1) is 0 Å². The van der Waals surface area contributed by atoms with Crippen molar-refractivity contribution in [3.8, 4) is 0 Å². The van der Waals surface area contributed by atoms with Crippen molar-refractivity contribution in [1.82, 2.24) is 0 Å². The van der Waals surface area contributed by atoms with Crippen molar-refractivity contribution in [2.24, 2.45) is 23.3 Å². The normalized spacial score (nSPS) is 20.8. The summed E-state index contributed by atoms with van der Waals surface area (Å²) in [7, 11) is 0. The highest BCUT2D eigenvalue weighted by molar-refractivity contribution is 5.73. The number of rotatable bonds is 5. The second-order valence-corrected chi connectivity index (χ2v) is 6.95. The topological polar surface area (TPSA) is 98.6 Å². The third kappa shape index (κ3) is 5.77. The van der Waals surface area contributed by atoms with Gasteiger partial charge in [0, 0.05) is 0 Å². The van der Waals surface area contributed by atoms with Gasteiger partial charge in [0.2, 0.25) is 0 Å². The lowest BCUT2D eigenvalue weighted by molar-refractivity contribution is -0.165. The summed E-state index contributed by atoms with van der Waals surface area (Å²) < 4.78 is 5.40. The van der Waals surface area contributed by atoms with Crippen LogP contribution in [-0.4, -0.2) is 28.9 Å². The number of esters is 1. The Morgan fingerprint density at radius 2 is 1.80 bits per heavy atom. The standard InChI is InChI=1S/C15H30N2O3/c1-15(2,3)20-14(19)11(12(18)13(16)17)9-10-7-5-4-6-8-10/h10-13,18H,4-9,16-17H2,1-3H3/t11-,12+/m0/s1. The van der Waals surface area contributed by atoms with Crippen molar-refractivity contribution in [2.45, 2.75) is 77.2 Å². The summed E-state index contributed by atoms with van der Waals surface area (Å²) in [4.78, 5) is 12.3. The minimum Gasteiger partial charge on any atom is -0.460 e. The van der Waals surface area contributed by atoms with E-state index in [1.54, 1.807) is 0 Å². The first-order chi connectivity index (χ1) is 9.20. The van der Waals surface area contributed by atoms with E-state index in [-0.39, 0.29) is 0 Å². The molecule has 0 amide bonds. The highest BCUT2D eigenvalue weighted by Crippen LogP contribution is 2.31. The van der Waals surface area contributed by atoms with Crippen molar-refractivity contribution >= 4 is 5.97 Å². The first kappa shape index (κ1) is 17.4. The van der Waals surface area contributed by atoms with Gasteiger partial charge in [0.1, 0.15) is 5.60 Å². The van der Waals surface area contributed by atoms with Crippen molar-refractivity contribution in [3.63, 3.8) is 0 Å². The maximum atomic E-state index is 12.3. The van der Waals surface area contributed by atoms with E-state index in [2.05, 4.69) is 0 Å². The molecule has 1 aliphatic carbocycles. The second-order valence-electron chi connectivity index (χ2n) is 6.95. The molecule has 0 aromatic carbocycles. The Bertz CT molecular complexity index is 307. The highest BCUT2D eigenvalue weighted by Gasteiger charge is 2.35.